The minimum Gasteiger partial charge on any atom is -0.270 e. The Morgan fingerprint density at radius 2 is 1.94 bits per heavy atom. The van der Waals surface area contributed by atoms with Crippen LogP contribution in [0.25, 0.3) is 0 Å². The molecule has 0 spiro atoms. The Labute approximate surface area is 108 Å². The molecule has 18 heavy (non-hydrogen) atoms. The van der Waals surface area contributed by atoms with Gasteiger partial charge in [-0.15, -0.1) is 0 Å². The molecule has 0 aliphatic heterocycles. The van der Waals surface area contributed by atoms with E-state index in [1.807, 2.05) is 30.8 Å². The lowest BCUT2D eigenvalue weighted by atomic mass is 10.4. The van der Waals surface area contributed by atoms with Crippen LogP contribution < -0.4 is 0 Å². The van der Waals surface area contributed by atoms with Gasteiger partial charge in [-0.2, -0.15) is 5.10 Å². The van der Waals surface area contributed by atoms with E-state index in [-0.39, 0.29) is 11.9 Å². The fourth-order valence-electron chi connectivity index (χ4n) is 1.55. The second-order valence-electron chi connectivity index (χ2n) is 4.32. The Bertz CT molecular complexity index is 548. The summed E-state index contributed by atoms with van der Waals surface area (Å²) in [5.41, 5.74) is 0.784. The first-order chi connectivity index (χ1) is 8.56. The highest BCUT2D eigenvalue weighted by atomic mass is 32.2. The van der Waals surface area contributed by atoms with E-state index in [1.165, 1.54) is 12.1 Å². The summed E-state index contributed by atoms with van der Waals surface area (Å²) >= 11 is 0. The normalized spacial score (nSPS) is 12.9. The largest absolute Gasteiger partial charge is 0.270 e. The average molecular weight is 266 g/mol. The van der Waals surface area contributed by atoms with Crippen molar-refractivity contribution in [1.82, 2.24) is 9.78 Å². The van der Waals surface area contributed by atoms with Crippen LogP contribution in [0.1, 0.15) is 25.6 Å². The zero-order valence-electron chi connectivity index (χ0n) is 10.3. The van der Waals surface area contributed by atoms with Gasteiger partial charge in [0.05, 0.1) is 22.2 Å². The molecule has 5 heteroatoms. The Hall–Kier alpha value is -1.49. The van der Waals surface area contributed by atoms with Gasteiger partial charge in [0.25, 0.3) is 0 Å². The Balaban J connectivity index is 2.08. The lowest BCUT2D eigenvalue weighted by molar-refractivity contribution is 0.528. The number of hydrogen-bond donors (Lipinski definition) is 0. The van der Waals surface area contributed by atoms with E-state index in [0.717, 1.165) is 5.69 Å². The third-order valence-corrected chi connectivity index (χ3v) is 3.90. The molecule has 0 bridgehead atoms. The van der Waals surface area contributed by atoms with Gasteiger partial charge >= 0.3 is 0 Å². The monoisotopic (exact) mass is 266 g/mol. The first-order valence-electron chi connectivity index (χ1n) is 5.74. The van der Waals surface area contributed by atoms with Crippen molar-refractivity contribution in [2.45, 2.75) is 30.5 Å². The van der Waals surface area contributed by atoms with E-state index in [0.29, 0.717) is 10.6 Å². The van der Waals surface area contributed by atoms with Crippen LogP contribution >= 0.6 is 0 Å². The van der Waals surface area contributed by atoms with Gasteiger partial charge in [-0.1, -0.05) is 0 Å². The topological polar surface area (TPSA) is 34.9 Å². The Kier molecular flexibility index (Phi) is 3.91. The van der Waals surface area contributed by atoms with E-state index in [2.05, 4.69) is 5.10 Å². The minimum absolute atomic E-state index is 0.290. The summed E-state index contributed by atoms with van der Waals surface area (Å²) in [5, 5.41) is 4.34. The predicted octanol–water partition coefficient (Wildman–Crippen LogP) is 2.91. The third-order valence-electron chi connectivity index (χ3n) is 2.55. The van der Waals surface area contributed by atoms with Gasteiger partial charge in [0.15, 0.2) is 0 Å². The summed E-state index contributed by atoms with van der Waals surface area (Å²) in [6.07, 6.45) is 1.88. The van der Waals surface area contributed by atoms with Crippen molar-refractivity contribution in [3.8, 4) is 0 Å². The molecular formula is C13H15FN2OS. The zero-order chi connectivity index (χ0) is 13.1. The van der Waals surface area contributed by atoms with Gasteiger partial charge < -0.3 is 0 Å². The molecule has 2 aromatic rings. The molecule has 3 nitrogen and oxygen atoms in total. The standard InChI is InChI=1S/C13H15FN2OS/c1-10(2)16-8-7-12(15-16)9-18(17)13-5-3-11(14)4-6-13/h3-8,10H,9H2,1-2H3. The summed E-state index contributed by atoms with van der Waals surface area (Å²) < 4.78 is 26.6. The molecule has 0 N–H and O–H groups in total. The van der Waals surface area contributed by atoms with Gasteiger partial charge in [0.2, 0.25) is 0 Å². The summed E-state index contributed by atoms with van der Waals surface area (Å²) in [6, 6.07) is 7.88. The molecule has 0 saturated carbocycles. The van der Waals surface area contributed by atoms with Crippen molar-refractivity contribution in [2.24, 2.45) is 0 Å². The SMILES string of the molecule is CC(C)n1ccc(CS(=O)c2ccc(F)cc2)n1. The van der Waals surface area contributed by atoms with Crippen molar-refractivity contribution in [2.75, 3.05) is 0 Å². The molecule has 1 aromatic carbocycles. The lowest BCUT2D eigenvalue weighted by Gasteiger charge is -2.04. The molecule has 1 atom stereocenters. The van der Waals surface area contributed by atoms with Crippen LogP contribution in [-0.4, -0.2) is 14.0 Å². The summed E-state index contributed by atoms with van der Waals surface area (Å²) in [6.45, 7) is 4.07. The minimum atomic E-state index is -1.19. The predicted molar refractivity (Wildman–Crippen MR) is 69.1 cm³/mol. The van der Waals surface area contributed by atoms with Crippen molar-refractivity contribution in [1.29, 1.82) is 0 Å². The van der Waals surface area contributed by atoms with Crippen LogP contribution in [0, 0.1) is 5.82 Å². The van der Waals surface area contributed by atoms with E-state index in [9.17, 15) is 8.60 Å². The van der Waals surface area contributed by atoms with Crippen molar-refractivity contribution in [3.63, 3.8) is 0 Å². The van der Waals surface area contributed by atoms with Crippen LogP contribution in [0.15, 0.2) is 41.4 Å². The van der Waals surface area contributed by atoms with Gasteiger partial charge in [-0.05, 0) is 44.2 Å². The van der Waals surface area contributed by atoms with Crippen LogP contribution in [0.5, 0.6) is 0 Å². The van der Waals surface area contributed by atoms with Crippen LogP contribution in [0.2, 0.25) is 0 Å². The summed E-state index contributed by atoms with van der Waals surface area (Å²) in [4.78, 5) is 0.621. The third kappa shape index (κ3) is 3.04. The molecule has 0 amide bonds. The molecule has 1 heterocycles. The maximum atomic E-state index is 12.8. The maximum absolute atomic E-state index is 12.8. The van der Waals surface area contributed by atoms with Gasteiger partial charge in [-0.25, -0.2) is 4.39 Å². The molecule has 0 aliphatic carbocycles. The van der Waals surface area contributed by atoms with Gasteiger partial charge in [-0.3, -0.25) is 8.89 Å². The molecule has 1 unspecified atom stereocenters. The molecule has 96 valence electrons. The van der Waals surface area contributed by atoms with Crippen molar-refractivity contribution in [3.05, 3.63) is 48.0 Å². The van der Waals surface area contributed by atoms with Crippen molar-refractivity contribution < 1.29 is 8.60 Å². The fraction of sp³-hybridized carbons (Fsp3) is 0.308. The van der Waals surface area contributed by atoms with E-state index < -0.39 is 10.8 Å². The Morgan fingerprint density at radius 3 is 2.50 bits per heavy atom. The first-order valence-corrected chi connectivity index (χ1v) is 7.06. The summed E-state index contributed by atoms with van der Waals surface area (Å²) in [5.74, 6) is 0.0329. The fourth-order valence-corrected chi connectivity index (χ4v) is 2.57. The number of halogens is 1. The quantitative estimate of drug-likeness (QED) is 0.853. The molecule has 0 saturated heterocycles. The molecule has 0 fully saturated rings. The van der Waals surface area contributed by atoms with Crippen LogP contribution in [-0.2, 0) is 16.6 Å². The highest BCUT2D eigenvalue weighted by Gasteiger charge is 2.08. The number of aromatic nitrogens is 2. The summed E-state index contributed by atoms with van der Waals surface area (Å²) in [7, 11) is -1.19. The number of nitrogens with zero attached hydrogens (tertiary/aromatic N) is 2. The average Bonchev–Trinajstić information content (AvgIpc) is 2.78. The number of benzene rings is 1. The highest BCUT2D eigenvalue weighted by Crippen LogP contribution is 2.13. The lowest BCUT2D eigenvalue weighted by Crippen LogP contribution is -2.03. The number of hydrogen-bond acceptors (Lipinski definition) is 2. The maximum Gasteiger partial charge on any atom is 0.123 e. The smallest absolute Gasteiger partial charge is 0.123 e. The van der Waals surface area contributed by atoms with Gasteiger partial charge in [0.1, 0.15) is 5.82 Å². The molecule has 0 radical (unpaired) electrons. The molecular weight excluding hydrogens is 251 g/mol. The van der Waals surface area contributed by atoms with Crippen LogP contribution in [0.3, 0.4) is 0 Å². The van der Waals surface area contributed by atoms with E-state index >= 15 is 0 Å². The molecule has 0 aliphatic rings. The van der Waals surface area contributed by atoms with Crippen molar-refractivity contribution >= 4 is 10.8 Å². The highest BCUT2D eigenvalue weighted by molar-refractivity contribution is 7.84. The first kappa shape index (κ1) is 13.0. The van der Waals surface area contributed by atoms with Gasteiger partial charge in [0, 0.05) is 17.1 Å². The molecule has 2 rings (SSSR count). The Morgan fingerprint density at radius 1 is 1.28 bits per heavy atom. The van der Waals surface area contributed by atoms with E-state index in [4.69, 9.17) is 0 Å². The van der Waals surface area contributed by atoms with E-state index in [1.54, 1.807) is 12.1 Å². The molecule has 1 aromatic heterocycles. The van der Waals surface area contributed by atoms with Crippen LogP contribution in [0.4, 0.5) is 4.39 Å². The number of rotatable bonds is 4. The second-order valence-corrected chi connectivity index (χ2v) is 5.78. The second kappa shape index (κ2) is 5.44. The zero-order valence-corrected chi connectivity index (χ0v) is 11.2.